The van der Waals surface area contributed by atoms with Gasteiger partial charge in [-0.25, -0.2) is 8.42 Å². The molecule has 0 spiro atoms. The van der Waals surface area contributed by atoms with E-state index in [0.717, 1.165) is 24.0 Å². The third-order valence-electron chi connectivity index (χ3n) is 5.09. The lowest BCUT2D eigenvalue weighted by atomic mass is 10.0. The molecule has 1 amide bonds. The van der Waals surface area contributed by atoms with Crippen molar-refractivity contribution in [1.82, 2.24) is 5.32 Å². The highest BCUT2D eigenvalue weighted by Gasteiger charge is 2.45. The Morgan fingerprint density at radius 3 is 2.46 bits per heavy atom. The molecule has 0 bridgehead atoms. The number of anilines is 1. The second kappa shape index (κ2) is 5.99. The van der Waals surface area contributed by atoms with E-state index in [0.29, 0.717) is 29.2 Å². The number of sulfonamides is 1. The first-order valence-electron chi connectivity index (χ1n) is 8.48. The van der Waals surface area contributed by atoms with Gasteiger partial charge in [-0.2, -0.15) is 0 Å². The lowest BCUT2D eigenvalue weighted by Gasteiger charge is -2.19. The van der Waals surface area contributed by atoms with Crippen molar-refractivity contribution in [2.24, 2.45) is 0 Å². The van der Waals surface area contributed by atoms with Crippen LogP contribution in [0.5, 0.6) is 0 Å². The van der Waals surface area contributed by atoms with Gasteiger partial charge in [-0.15, -0.1) is 0 Å². The van der Waals surface area contributed by atoms with Crippen molar-refractivity contribution in [3.8, 4) is 0 Å². The number of rotatable bonds is 4. The van der Waals surface area contributed by atoms with Crippen LogP contribution in [0.15, 0.2) is 42.5 Å². The lowest BCUT2D eigenvalue weighted by molar-refractivity contribution is 0.0930. The van der Waals surface area contributed by atoms with Crippen LogP contribution in [-0.4, -0.2) is 27.1 Å². The molecule has 1 aliphatic heterocycles. The first kappa shape index (κ1) is 17.4. The molecule has 0 radical (unpaired) electrons. The summed E-state index contributed by atoms with van der Waals surface area (Å²) in [5.41, 5.74) is 2.85. The van der Waals surface area contributed by atoms with Gasteiger partial charge < -0.3 is 5.32 Å². The molecule has 0 unspecified atom stereocenters. The Labute approximate surface area is 158 Å². The number of benzene rings is 2. The molecule has 2 aromatic rings. The number of fused-ring (bicyclic) bond motifs is 1. The van der Waals surface area contributed by atoms with Crippen molar-refractivity contribution in [2.45, 2.75) is 24.8 Å². The van der Waals surface area contributed by atoms with Gasteiger partial charge in [0.1, 0.15) is 0 Å². The van der Waals surface area contributed by atoms with Crippen LogP contribution in [0.3, 0.4) is 0 Å². The molecule has 2 aromatic carbocycles. The highest BCUT2D eigenvalue weighted by atomic mass is 35.5. The molecule has 1 saturated carbocycles. The van der Waals surface area contributed by atoms with Gasteiger partial charge in [-0.3, -0.25) is 9.10 Å². The molecule has 136 valence electrons. The summed E-state index contributed by atoms with van der Waals surface area (Å²) < 4.78 is 25.0. The molecule has 4 rings (SSSR count). The minimum absolute atomic E-state index is 0.141. The van der Waals surface area contributed by atoms with E-state index >= 15 is 0 Å². The first-order chi connectivity index (χ1) is 12.3. The molecule has 1 aliphatic carbocycles. The summed E-state index contributed by atoms with van der Waals surface area (Å²) in [6, 6.07) is 12.8. The maximum atomic E-state index is 12.7. The van der Waals surface area contributed by atoms with E-state index < -0.39 is 10.0 Å². The highest BCUT2D eigenvalue weighted by molar-refractivity contribution is 7.92. The van der Waals surface area contributed by atoms with E-state index in [9.17, 15) is 13.2 Å². The Hall–Kier alpha value is -2.05. The molecule has 2 aliphatic rings. The SMILES string of the molecule is CS(=O)(=O)N1CCc2cc(C(=O)NC3(c4ccc(Cl)cc4)CC3)ccc21. The standard InChI is InChI=1S/C19H19ClN2O3S/c1-26(24,25)22-11-8-13-12-14(2-7-17(13)22)18(23)21-19(9-10-19)15-3-5-16(20)6-4-15/h2-7,12H,8-11H2,1H3,(H,21,23). The fourth-order valence-corrected chi connectivity index (χ4v) is 4.61. The minimum atomic E-state index is -3.29. The third kappa shape index (κ3) is 3.08. The summed E-state index contributed by atoms with van der Waals surface area (Å²) in [6.07, 6.45) is 3.61. The van der Waals surface area contributed by atoms with Gasteiger partial charge in [0.15, 0.2) is 0 Å². The summed E-state index contributed by atoms with van der Waals surface area (Å²) in [5, 5.41) is 3.81. The molecular weight excluding hydrogens is 372 g/mol. The Morgan fingerprint density at radius 1 is 1.15 bits per heavy atom. The van der Waals surface area contributed by atoms with Crippen LogP contribution in [0.25, 0.3) is 0 Å². The van der Waals surface area contributed by atoms with E-state index in [1.54, 1.807) is 18.2 Å². The largest absolute Gasteiger partial charge is 0.343 e. The molecule has 0 aromatic heterocycles. The molecule has 7 heteroatoms. The number of nitrogens with one attached hydrogen (secondary N) is 1. The van der Waals surface area contributed by atoms with Gasteiger partial charge in [-0.1, -0.05) is 23.7 Å². The maximum absolute atomic E-state index is 12.7. The molecule has 1 heterocycles. The third-order valence-corrected chi connectivity index (χ3v) is 6.53. The van der Waals surface area contributed by atoms with Crippen LogP contribution in [0, 0.1) is 0 Å². The Kier molecular flexibility index (Phi) is 4.00. The van der Waals surface area contributed by atoms with E-state index in [-0.39, 0.29) is 11.4 Å². The fraction of sp³-hybridized carbons (Fsp3) is 0.316. The predicted molar refractivity (Wildman–Crippen MR) is 102 cm³/mol. The summed E-state index contributed by atoms with van der Waals surface area (Å²) >= 11 is 5.95. The number of halogens is 1. The predicted octanol–water partition coefficient (Wildman–Crippen LogP) is 3.08. The van der Waals surface area contributed by atoms with Gasteiger partial charge >= 0.3 is 0 Å². The summed E-state index contributed by atoms with van der Waals surface area (Å²) in [7, 11) is -3.29. The second-order valence-electron chi connectivity index (χ2n) is 6.97. The molecule has 5 nitrogen and oxygen atoms in total. The fourth-order valence-electron chi connectivity index (χ4n) is 3.53. The smallest absolute Gasteiger partial charge is 0.251 e. The normalized spacial score (nSPS) is 17.7. The Balaban J connectivity index is 1.56. The lowest BCUT2D eigenvalue weighted by Crippen LogP contribution is -2.34. The first-order valence-corrected chi connectivity index (χ1v) is 10.7. The van der Waals surface area contributed by atoms with E-state index in [2.05, 4.69) is 5.32 Å². The Bertz CT molecular complexity index is 982. The van der Waals surface area contributed by atoms with Crippen LogP contribution in [0.1, 0.15) is 34.3 Å². The van der Waals surface area contributed by atoms with Crippen molar-refractivity contribution < 1.29 is 13.2 Å². The number of carbonyl (C=O) groups is 1. The number of amides is 1. The van der Waals surface area contributed by atoms with Gasteiger partial charge in [0.05, 0.1) is 17.5 Å². The highest BCUT2D eigenvalue weighted by Crippen LogP contribution is 2.46. The van der Waals surface area contributed by atoms with Crippen molar-refractivity contribution >= 4 is 33.2 Å². The van der Waals surface area contributed by atoms with Gasteiger partial charge in [-0.05, 0) is 60.7 Å². The quantitative estimate of drug-likeness (QED) is 0.872. The summed E-state index contributed by atoms with van der Waals surface area (Å²) in [6.45, 7) is 0.425. The van der Waals surface area contributed by atoms with Crippen LogP contribution in [0.4, 0.5) is 5.69 Å². The second-order valence-corrected chi connectivity index (χ2v) is 9.31. The van der Waals surface area contributed by atoms with Gasteiger partial charge in [0.2, 0.25) is 10.0 Å². The number of carbonyl (C=O) groups excluding carboxylic acids is 1. The molecule has 0 saturated heterocycles. The van der Waals surface area contributed by atoms with Crippen LogP contribution < -0.4 is 9.62 Å². The monoisotopic (exact) mass is 390 g/mol. The van der Waals surface area contributed by atoms with Crippen molar-refractivity contribution in [3.05, 3.63) is 64.2 Å². The van der Waals surface area contributed by atoms with Crippen molar-refractivity contribution in [2.75, 3.05) is 17.1 Å². The zero-order chi connectivity index (χ0) is 18.5. The zero-order valence-electron chi connectivity index (χ0n) is 14.3. The average Bonchev–Trinajstić information content (AvgIpc) is 3.22. The Morgan fingerprint density at radius 2 is 1.85 bits per heavy atom. The van der Waals surface area contributed by atoms with Crippen LogP contribution in [-0.2, 0) is 22.0 Å². The van der Waals surface area contributed by atoms with E-state index in [1.165, 1.54) is 10.6 Å². The molecule has 0 atom stereocenters. The average molecular weight is 391 g/mol. The zero-order valence-corrected chi connectivity index (χ0v) is 15.9. The molecule has 1 fully saturated rings. The maximum Gasteiger partial charge on any atom is 0.251 e. The summed E-state index contributed by atoms with van der Waals surface area (Å²) in [4.78, 5) is 12.7. The van der Waals surface area contributed by atoms with Crippen molar-refractivity contribution in [1.29, 1.82) is 0 Å². The number of hydrogen-bond donors (Lipinski definition) is 1. The van der Waals surface area contributed by atoms with Crippen molar-refractivity contribution in [3.63, 3.8) is 0 Å². The van der Waals surface area contributed by atoms with Crippen LogP contribution in [0.2, 0.25) is 5.02 Å². The minimum Gasteiger partial charge on any atom is -0.343 e. The molecule has 26 heavy (non-hydrogen) atoms. The molecular formula is C19H19ClN2O3S. The van der Waals surface area contributed by atoms with E-state index in [4.69, 9.17) is 11.6 Å². The summed E-state index contributed by atoms with van der Waals surface area (Å²) in [5.74, 6) is -0.141. The van der Waals surface area contributed by atoms with Gasteiger partial charge in [0, 0.05) is 17.1 Å². The van der Waals surface area contributed by atoms with Crippen LogP contribution >= 0.6 is 11.6 Å². The molecule has 1 N–H and O–H groups in total. The number of hydrogen-bond acceptors (Lipinski definition) is 3. The van der Waals surface area contributed by atoms with Gasteiger partial charge in [0.25, 0.3) is 5.91 Å². The number of nitrogens with zero attached hydrogens (tertiary/aromatic N) is 1. The van der Waals surface area contributed by atoms with E-state index in [1.807, 2.05) is 24.3 Å². The topological polar surface area (TPSA) is 66.5 Å².